The molecule has 0 radical (unpaired) electrons. The number of nitrogens with one attached hydrogen (secondary N) is 2. The molecule has 2 N–H and O–H groups in total. The fourth-order valence-electron chi connectivity index (χ4n) is 3.57. The molecule has 0 aromatic heterocycles. The zero-order valence-corrected chi connectivity index (χ0v) is 14.1. The minimum atomic E-state index is -3.26. The van der Waals surface area contributed by atoms with Gasteiger partial charge in [-0.25, -0.2) is 8.42 Å². The topological polar surface area (TPSA) is 58.2 Å². The van der Waals surface area contributed by atoms with Crippen molar-refractivity contribution in [3.05, 3.63) is 24.3 Å². The highest BCUT2D eigenvalue weighted by Gasteiger charge is 2.32. The summed E-state index contributed by atoms with van der Waals surface area (Å²) in [6, 6.07) is 7.87. The van der Waals surface area contributed by atoms with Gasteiger partial charge in [0, 0.05) is 6.04 Å². The van der Waals surface area contributed by atoms with Gasteiger partial charge in [-0.05, 0) is 42.7 Å². The van der Waals surface area contributed by atoms with E-state index in [0.717, 1.165) is 18.5 Å². The highest BCUT2D eigenvalue weighted by Crippen LogP contribution is 2.40. The summed E-state index contributed by atoms with van der Waals surface area (Å²) in [5, 5.41) is 3.53. The third-order valence-electron chi connectivity index (χ3n) is 3.97. The van der Waals surface area contributed by atoms with E-state index in [2.05, 4.69) is 30.8 Å². The Balaban J connectivity index is 2.16. The lowest BCUT2D eigenvalue weighted by molar-refractivity contribution is 0.178. The van der Waals surface area contributed by atoms with Crippen molar-refractivity contribution in [2.24, 2.45) is 11.3 Å². The second-order valence-corrected chi connectivity index (χ2v) is 8.92. The maximum atomic E-state index is 11.5. The van der Waals surface area contributed by atoms with Gasteiger partial charge in [-0.3, -0.25) is 4.72 Å². The lowest BCUT2D eigenvalue weighted by Crippen LogP contribution is -2.35. The highest BCUT2D eigenvalue weighted by atomic mass is 32.2. The molecule has 5 heteroatoms. The number of hydrogen-bond donors (Lipinski definition) is 2. The fourth-order valence-corrected chi connectivity index (χ4v) is 4.15. The Morgan fingerprint density at radius 3 is 2.33 bits per heavy atom. The largest absolute Gasteiger partial charge is 0.381 e. The van der Waals surface area contributed by atoms with Crippen LogP contribution in [0.3, 0.4) is 0 Å². The second kappa shape index (κ2) is 5.87. The van der Waals surface area contributed by atoms with Gasteiger partial charge in [0.1, 0.15) is 0 Å². The second-order valence-electron chi connectivity index (χ2n) is 7.17. The monoisotopic (exact) mass is 310 g/mol. The Labute approximate surface area is 128 Å². The van der Waals surface area contributed by atoms with Crippen molar-refractivity contribution < 1.29 is 8.42 Å². The summed E-state index contributed by atoms with van der Waals surface area (Å²) in [5.41, 5.74) is 1.81. The minimum absolute atomic E-state index is 0.328. The molecule has 1 fully saturated rings. The van der Waals surface area contributed by atoms with Crippen molar-refractivity contribution in [1.29, 1.82) is 0 Å². The lowest BCUT2D eigenvalue weighted by atomic mass is 9.70. The normalized spacial score (nSPS) is 25.3. The first kappa shape index (κ1) is 16.1. The van der Waals surface area contributed by atoms with Crippen LogP contribution in [0, 0.1) is 11.3 Å². The van der Waals surface area contributed by atoms with Crippen LogP contribution in [-0.4, -0.2) is 20.7 Å². The molecule has 0 aliphatic heterocycles. The Hall–Kier alpha value is -1.23. The average Bonchev–Trinajstić information content (AvgIpc) is 2.27. The molecule has 1 aromatic carbocycles. The van der Waals surface area contributed by atoms with E-state index in [0.29, 0.717) is 23.1 Å². The van der Waals surface area contributed by atoms with E-state index >= 15 is 0 Å². The summed E-state index contributed by atoms with van der Waals surface area (Å²) < 4.78 is 25.5. The van der Waals surface area contributed by atoms with Crippen LogP contribution < -0.4 is 10.0 Å². The van der Waals surface area contributed by atoms with E-state index < -0.39 is 10.0 Å². The third-order valence-corrected chi connectivity index (χ3v) is 4.56. The van der Waals surface area contributed by atoms with Gasteiger partial charge in [-0.1, -0.05) is 32.9 Å². The Morgan fingerprint density at radius 1 is 1.14 bits per heavy atom. The first-order chi connectivity index (χ1) is 9.65. The van der Waals surface area contributed by atoms with Gasteiger partial charge in [0.2, 0.25) is 10.0 Å². The van der Waals surface area contributed by atoms with E-state index in [1.807, 2.05) is 18.2 Å². The first-order valence-corrected chi connectivity index (χ1v) is 9.37. The van der Waals surface area contributed by atoms with E-state index in [4.69, 9.17) is 0 Å². The summed E-state index contributed by atoms with van der Waals surface area (Å²) in [6.45, 7) is 6.90. The smallest absolute Gasteiger partial charge is 0.229 e. The van der Waals surface area contributed by atoms with E-state index in [1.165, 1.54) is 12.7 Å². The molecule has 1 aliphatic carbocycles. The highest BCUT2D eigenvalue weighted by molar-refractivity contribution is 7.92. The standard InChI is InChI=1S/C16H26N2O2S/c1-12-9-13(11-16(2,3)10-12)17-14-7-5-6-8-15(14)18-21(4,19)20/h5-8,12-13,17-18H,9-11H2,1-4H3. The van der Waals surface area contributed by atoms with Gasteiger partial charge in [0.25, 0.3) is 0 Å². The maximum Gasteiger partial charge on any atom is 0.229 e. The Bertz CT molecular complexity index is 596. The molecular weight excluding hydrogens is 284 g/mol. The minimum Gasteiger partial charge on any atom is -0.381 e. The quantitative estimate of drug-likeness (QED) is 0.892. The Morgan fingerprint density at radius 2 is 1.76 bits per heavy atom. The van der Waals surface area contributed by atoms with Crippen LogP contribution in [0.15, 0.2) is 24.3 Å². The van der Waals surface area contributed by atoms with Crippen molar-refractivity contribution in [2.75, 3.05) is 16.3 Å². The van der Waals surface area contributed by atoms with Crippen LogP contribution in [0.5, 0.6) is 0 Å². The summed E-state index contributed by atoms with van der Waals surface area (Å²) in [4.78, 5) is 0. The molecule has 118 valence electrons. The van der Waals surface area contributed by atoms with Crippen LogP contribution in [0.2, 0.25) is 0 Å². The molecule has 1 aromatic rings. The summed E-state index contributed by atoms with van der Waals surface area (Å²) in [6.07, 6.45) is 4.64. The van der Waals surface area contributed by atoms with Crippen LogP contribution in [0.1, 0.15) is 40.0 Å². The number of benzene rings is 1. The fraction of sp³-hybridized carbons (Fsp3) is 0.625. The molecular formula is C16H26N2O2S. The average molecular weight is 310 g/mol. The molecule has 1 saturated carbocycles. The van der Waals surface area contributed by atoms with Crippen LogP contribution in [0.4, 0.5) is 11.4 Å². The van der Waals surface area contributed by atoms with Crippen molar-refractivity contribution >= 4 is 21.4 Å². The SMILES string of the molecule is CC1CC(Nc2ccccc2NS(C)(=O)=O)CC(C)(C)C1. The number of para-hydroxylation sites is 2. The van der Waals surface area contributed by atoms with E-state index in [1.54, 1.807) is 6.07 Å². The van der Waals surface area contributed by atoms with Crippen LogP contribution in [-0.2, 0) is 10.0 Å². The maximum absolute atomic E-state index is 11.5. The third kappa shape index (κ3) is 4.92. The molecule has 2 unspecified atom stereocenters. The van der Waals surface area contributed by atoms with Gasteiger partial charge in [-0.15, -0.1) is 0 Å². The van der Waals surface area contributed by atoms with Crippen molar-refractivity contribution in [1.82, 2.24) is 0 Å². The number of hydrogen-bond acceptors (Lipinski definition) is 3. The molecule has 2 atom stereocenters. The number of sulfonamides is 1. The zero-order valence-electron chi connectivity index (χ0n) is 13.3. The molecule has 0 amide bonds. The van der Waals surface area contributed by atoms with Gasteiger partial charge in [0.15, 0.2) is 0 Å². The zero-order chi connectivity index (χ0) is 15.7. The van der Waals surface area contributed by atoms with Crippen molar-refractivity contribution in [3.8, 4) is 0 Å². The van der Waals surface area contributed by atoms with Gasteiger partial charge in [0.05, 0.1) is 17.6 Å². The van der Waals surface area contributed by atoms with Gasteiger partial charge in [-0.2, -0.15) is 0 Å². The van der Waals surface area contributed by atoms with E-state index in [9.17, 15) is 8.42 Å². The molecule has 21 heavy (non-hydrogen) atoms. The molecule has 0 heterocycles. The molecule has 0 saturated heterocycles. The summed E-state index contributed by atoms with van der Waals surface area (Å²) >= 11 is 0. The molecule has 0 bridgehead atoms. The van der Waals surface area contributed by atoms with Gasteiger partial charge >= 0.3 is 0 Å². The van der Waals surface area contributed by atoms with Crippen molar-refractivity contribution in [2.45, 2.75) is 46.1 Å². The number of rotatable bonds is 4. The van der Waals surface area contributed by atoms with Crippen molar-refractivity contribution in [3.63, 3.8) is 0 Å². The molecule has 4 nitrogen and oxygen atoms in total. The summed E-state index contributed by atoms with van der Waals surface area (Å²) in [5.74, 6) is 0.682. The number of anilines is 2. The van der Waals surface area contributed by atoms with Crippen LogP contribution >= 0.6 is 0 Å². The molecule has 2 rings (SSSR count). The van der Waals surface area contributed by atoms with E-state index in [-0.39, 0.29) is 0 Å². The van der Waals surface area contributed by atoms with Crippen LogP contribution in [0.25, 0.3) is 0 Å². The predicted octanol–water partition coefficient (Wildman–Crippen LogP) is 3.68. The van der Waals surface area contributed by atoms with Gasteiger partial charge < -0.3 is 5.32 Å². The Kier molecular flexibility index (Phi) is 4.51. The lowest BCUT2D eigenvalue weighted by Gasteiger charge is -2.39. The predicted molar refractivity (Wildman–Crippen MR) is 89.1 cm³/mol. The first-order valence-electron chi connectivity index (χ1n) is 7.48. The molecule has 0 spiro atoms. The molecule has 1 aliphatic rings. The summed E-state index contributed by atoms with van der Waals surface area (Å²) in [7, 11) is -3.26.